The minimum absolute atomic E-state index is 0.00802. The number of rotatable bonds is 5. The zero-order valence-electron chi connectivity index (χ0n) is 11.3. The summed E-state index contributed by atoms with van der Waals surface area (Å²) in [4.78, 5) is 12.0. The third-order valence-electron chi connectivity index (χ3n) is 2.70. The van der Waals surface area contributed by atoms with E-state index in [0.717, 1.165) is 16.2 Å². The molecule has 0 amide bonds. The first kappa shape index (κ1) is 15.9. The second-order valence-corrected chi connectivity index (χ2v) is 8.06. The first-order valence-corrected chi connectivity index (χ1v) is 9.36. The molecule has 0 bridgehead atoms. The van der Waals surface area contributed by atoms with Crippen LogP contribution in [0.5, 0.6) is 0 Å². The molecule has 1 aromatic heterocycles. The van der Waals surface area contributed by atoms with Crippen LogP contribution in [0.3, 0.4) is 0 Å². The van der Waals surface area contributed by atoms with E-state index in [0.29, 0.717) is 11.3 Å². The molecule has 2 N–H and O–H groups in total. The molecular weight excluding hydrogens is 330 g/mol. The zero-order chi connectivity index (χ0) is 15.6. The van der Waals surface area contributed by atoms with Crippen molar-refractivity contribution in [1.82, 2.24) is 0 Å². The predicted molar refractivity (Wildman–Crippen MR) is 85.0 cm³/mol. The Bertz CT molecular complexity index is 763. The standard InChI is InChI=1S/C13H13NO4S3/c1-8-7-11(20-12(8)13(15)16)21(17,18)14-9-3-5-10(19-2)6-4-9/h3-7,14H,1-2H3,(H,15,16). The number of aromatic carboxylic acids is 1. The van der Waals surface area contributed by atoms with Crippen LogP contribution in [0.15, 0.2) is 39.4 Å². The highest BCUT2D eigenvalue weighted by molar-refractivity contribution is 7.98. The van der Waals surface area contributed by atoms with Crippen LogP contribution in [0.4, 0.5) is 5.69 Å². The van der Waals surface area contributed by atoms with Crippen LogP contribution in [0.25, 0.3) is 0 Å². The van der Waals surface area contributed by atoms with Gasteiger partial charge in [0.05, 0.1) is 0 Å². The lowest BCUT2D eigenvalue weighted by atomic mass is 10.3. The van der Waals surface area contributed by atoms with Gasteiger partial charge in [0, 0.05) is 10.6 Å². The number of hydrogen-bond acceptors (Lipinski definition) is 5. The highest BCUT2D eigenvalue weighted by Crippen LogP contribution is 2.28. The normalized spacial score (nSPS) is 11.3. The highest BCUT2D eigenvalue weighted by Gasteiger charge is 2.21. The van der Waals surface area contributed by atoms with Gasteiger partial charge in [-0.1, -0.05) is 0 Å². The Balaban J connectivity index is 2.29. The van der Waals surface area contributed by atoms with E-state index in [4.69, 9.17) is 5.11 Å². The molecule has 5 nitrogen and oxygen atoms in total. The van der Waals surface area contributed by atoms with E-state index in [1.165, 1.54) is 6.07 Å². The topological polar surface area (TPSA) is 83.5 Å². The molecule has 0 fully saturated rings. The molecule has 8 heteroatoms. The lowest BCUT2D eigenvalue weighted by Gasteiger charge is -2.06. The van der Waals surface area contributed by atoms with E-state index in [2.05, 4.69) is 4.72 Å². The summed E-state index contributed by atoms with van der Waals surface area (Å²) in [7, 11) is -3.77. The fourth-order valence-corrected chi connectivity index (χ4v) is 4.51. The molecule has 0 atom stereocenters. The molecular formula is C13H13NO4S3. The number of anilines is 1. The summed E-state index contributed by atoms with van der Waals surface area (Å²) in [5.41, 5.74) is 0.876. The van der Waals surface area contributed by atoms with Crippen molar-refractivity contribution in [2.24, 2.45) is 0 Å². The number of thioether (sulfide) groups is 1. The van der Waals surface area contributed by atoms with Crippen molar-refractivity contribution in [3.8, 4) is 0 Å². The van der Waals surface area contributed by atoms with Crippen molar-refractivity contribution in [2.45, 2.75) is 16.0 Å². The van der Waals surface area contributed by atoms with Gasteiger partial charge in [-0.05, 0) is 49.1 Å². The first-order chi connectivity index (χ1) is 9.83. The molecule has 0 aliphatic rings. The zero-order valence-corrected chi connectivity index (χ0v) is 13.7. The molecule has 2 aromatic rings. The molecule has 0 aliphatic heterocycles. The molecule has 21 heavy (non-hydrogen) atoms. The minimum atomic E-state index is -3.77. The molecule has 0 saturated heterocycles. The maximum atomic E-state index is 12.2. The predicted octanol–water partition coefficient (Wildman–Crippen LogP) is 3.28. The maximum Gasteiger partial charge on any atom is 0.346 e. The van der Waals surface area contributed by atoms with E-state index in [1.807, 2.05) is 18.4 Å². The van der Waals surface area contributed by atoms with E-state index in [-0.39, 0.29) is 9.09 Å². The van der Waals surface area contributed by atoms with Gasteiger partial charge in [0.15, 0.2) is 0 Å². The summed E-state index contributed by atoms with van der Waals surface area (Å²) in [5, 5.41) is 8.98. The molecule has 1 aromatic carbocycles. The average Bonchev–Trinajstić information content (AvgIpc) is 2.82. The summed E-state index contributed by atoms with van der Waals surface area (Å²) >= 11 is 2.31. The number of carboxylic acids is 1. The lowest BCUT2D eigenvalue weighted by Crippen LogP contribution is -2.11. The van der Waals surface area contributed by atoms with Gasteiger partial charge in [0.1, 0.15) is 9.09 Å². The highest BCUT2D eigenvalue weighted by atomic mass is 32.2. The fourth-order valence-electron chi connectivity index (χ4n) is 1.66. The molecule has 1 heterocycles. The Morgan fingerprint density at radius 3 is 2.38 bits per heavy atom. The number of hydrogen-bond donors (Lipinski definition) is 2. The Morgan fingerprint density at radius 1 is 1.29 bits per heavy atom. The second-order valence-electron chi connectivity index (χ2n) is 4.22. The van der Waals surface area contributed by atoms with Gasteiger partial charge in [0.25, 0.3) is 10.0 Å². The molecule has 0 aliphatic carbocycles. The molecule has 0 spiro atoms. The van der Waals surface area contributed by atoms with Crippen LogP contribution >= 0.6 is 23.1 Å². The Kier molecular flexibility index (Phi) is 4.60. The number of aryl methyl sites for hydroxylation is 1. The van der Waals surface area contributed by atoms with Crippen molar-refractivity contribution in [3.05, 3.63) is 40.8 Å². The fraction of sp³-hybridized carbons (Fsp3) is 0.154. The first-order valence-electron chi connectivity index (χ1n) is 5.84. The average molecular weight is 343 g/mol. The number of carboxylic acid groups (broad SMARTS) is 1. The van der Waals surface area contributed by atoms with Gasteiger partial charge >= 0.3 is 5.97 Å². The number of benzene rings is 1. The van der Waals surface area contributed by atoms with Crippen LogP contribution in [-0.2, 0) is 10.0 Å². The Morgan fingerprint density at radius 2 is 1.90 bits per heavy atom. The third kappa shape index (κ3) is 3.58. The summed E-state index contributed by atoms with van der Waals surface area (Å²) in [6.07, 6.45) is 1.93. The number of thiophene rings is 1. The Hall–Kier alpha value is -1.51. The summed E-state index contributed by atoms with van der Waals surface area (Å²) in [6, 6.07) is 8.33. The van der Waals surface area contributed by atoms with Crippen molar-refractivity contribution >= 4 is 44.8 Å². The largest absolute Gasteiger partial charge is 0.477 e. The maximum absolute atomic E-state index is 12.2. The van der Waals surface area contributed by atoms with Crippen molar-refractivity contribution in [2.75, 3.05) is 11.0 Å². The molecule has 0 radical (unpaired) electrons. The van der Waals surface area contributed by atoms with Crippen LogP contribution in [0.2, 0.25) is 0 Å². The third-order valence-corrected chi connectivity index (χ3v) is 6.52. The summed E-state index contributed by atoms with van der Waals surface area (Å²) in [5.74, 6) is -1.12. The van der Waals surface area contributed by atoms with Crippen LogP contribution in [0.1, 0.15) is 15.2 Å². The lowest BCUT2D eigenvalue weighted by molar-refractivity contribution is 0.0701. The van der Waals surface area contributed by atoms with E-state index in [9.17, 15) is 13.2 Å². The minimum Gasteiger partial charge on any atom is -0.477 e. The van der Waals surface area contributed by atoms with E-state index in [1.54, 1.807) is 30.8 Å². The number of sulfonamides is 1. The van der Waals surface area contributed by atoms with Crippen molar-refractivity contribution in [1.29, 1.82) is 0 Å². The van der Waals surface area contributed by atoms with Gasteiger partial charge in [-0.25, -0.2) is 13.2 Å². The Labute approximate surface area is 131 Å². The second kappa shape index (κ2) is 6.08. The van der Waals surface area contributed by atoms with Crippen LogP contribution in [-0.4, -0.2) is 25.7 Å². The van der Waals surface area contributed by atoms with Gasteiger partial charge < -0.3 is 5.11 Å². The molecule has 0 unspecified atom stereocenters. The molecule has 2 rings (SSSR count). The van der Waals surface area contributed by atoms with Gasteiger partial charge in [0.2, 0.25) is 0 Å². The van der Waals surface area contributed by atoms with E-state index < -0.39 is 16.0 Å². The van der Waals surface area contributed by atoms with Gasteiger partial charge in [-0.2, -0.15) is 0 Å². The van der Waals surface area contributed by atoms with Crippen LogP contribution in [0, 0.1) is 6.92 Å². The van der Waals surface area contributed by atoms with Gasteiger partial charge in [-0.3, -0.25) is 4.72 Å². The van der Waals surface area contributed by atoms with Crippen LogP contribution < -0.4 is 4.72 Å². The van der Waals surface area contributed by atoms with Crippen molar-refractivity contribution in [3.63, 3.8) is 0 Å². The molecule has 112 valence electrons. The smallest absolute Gasteiger partial charge is 0.346 e. The SMILES string of the molecule is CSc1ccc(NS(=O)(=O)c2cc(C)c(C(=O)O)s2)cc1. The number of carbonyl (C=O) groups is 1. The monoisotopic (exact) mass is 343 g/mol. The quantitative estimate of drug-likeness (QED) is 0.814. The van der Waals surface area contributed by atoms with E-state index >= 15 is 0 Å². The summed E-state index contributed by atoms with van der Waals surface area (Å²) < 4.78 is 26.9. The summed E-state index contributed by atoms with van der Waals surface area (Å²) in [6.45, 7) is 1.58. The van der Waals surface area contributed by atoms with Crippen molar-refractivity contribution < 1.29 is 18.3 Å². The molecule has 0 saturated carbocycles. The van der Waals surface area contributed by atoms with Gasteiger partial charge in [-0.15, -0.1) is 23.1 Å². The number of nitrogens with one attached hydrogen (secondary N) is 1.